The van der Waals surface area contributed by atoms with Gasteiger partial charge in [0.05, 0.1) is 0 Å². The number of hydrogen-bond acceptors (Lipinski definition) is 2. The molecule has 0 aliphatic heterocycles. The van der Waals surface area contributed by atoms with Gasteiger partial charge in [-0.25, -0.2) is 4.98 Å². The second-order valence-electron chi connectivity index (χ2n) is 7.08. The van der Waals surface area contributed by atoms with Gasteiger partial charge in [0.25, 0.3) is 0 Å². The minimum Gasteiger partial charge on any atom is -0.316 e. The lowest BCUT2D eigenvalue weighted by Gasteiger charge is -2.38. The van der Waals surface area contributed by atoms with Crippen LogP contribution in [0.4, 0.5) is 0 Å². The topological polar surface area (TPSA) is 34.9 Å². The quantitative estimate of drug-likeness (QED) is 0.238. The molecule has 0 radical (unpaired) electrons. The highest BCUT2D eigenvalue weighted by Gasteiger charge is 2.39. The van der Waals surface area contributed by atoms with Crippen molar-refractivity contribution in [3.8, 4) is 0 Å². The standard InChI is InChI=1S/C26H24N2O/c29-21-11-10-18-25-27-19-20-28(25)26(22-12-4-1-5-13-22,23-14-6-2-7-15-23)24-16-8-3-9-17-24/h1-9,12-17,19-21H,10-11,18H2. The summed E-state index contributed by atoms with van der Waals surface area (Å²) in [5, 5.41) is 0. The fourth-order valence-electron chi connectivity index (χ4n) is 4.12. The van der Waals surface area contributed by atoms with Crippen molar-refractivity contribution in [3.63, 3.8) is 0 Å². The van der Waals surface area contributed by atoms with Gasteiger partial charge >= 0.3 is 0 Å². The number of benzene rings is 3. The molecule has 0 unspecified atom stereocenters. The number of aromatic nitrogens is 2. The molecule has 29 heavy (non-hydrogen) atoms. The fourth-order valence-corrected chi connectivity index (χ4v) is 4.12. The third-order valence-corrected chi connectivity index (χ3v) is 5.38. The molecule has 3 nitrogen and oxygen atoms in total. The van der Waals surface area contributed by atoms with Crippen LogP contribution in [0.1, 0.15) is 35.4 Å². The molecule has 1 aromatic heterocycles. The van der Waals surface area contributed by atoms with E-state index in [-0.39, 0.29) is 0 Å². The molecule has 4 aromatic rings. The van der Waals surface area contributed by atoms with Crippen LogP contribution in [0.5, 0.6) is 0 Å². The van der Waals surface area contributed by atoms with Crippen molar-refractivity contribution in [2.24, 2.45) is 0 Å². The number of unbranched alkanes of at least 4 members (excludes halogenated alkanes) is 1. The highest BCUT2D eigenvalue weighted by molar-refractivity contribution is 5.51. The molecule has 144 valence electrons. The van der Waals surface area contributed by atoms with E-state index in [1.165, 1.54) is 16.7 Å². The zero-order chi connectivity index (χ0) is 19.9. The minimum atomic E-state index is -0.545. The molecule has 3 aromatic carbocycles. The molecule has 0 fully saturated rings. The van der Waals surface area contributed by atoms with E-state index in [1.54, 1.807) is 0 Å². The van der Waals surface area contributed by atoms with E-state index in [9.17, 15) is 4.79 Å². The predicted molar refractivity (Wildman–Crippen MR) is 116 cm³/mol. The van der Waals surface area contributed by atoms with Gasteiger partial charge in [0.2, 0.25) is 0 Å². The van der Waals surface area contributed by atoms with Crippen molar-refractivity contribution in [2.75, 3.05) is 0 Å². The second-order valence-corrected chi connectivity index (χ2v) is 7.08. The monoisotopic (exact) mass is 380 g/mol. The molecule has 0 aliphatic rings. The Morgan fingerprint density at radius 1 is 0.759 bits per heavy atom. The second kappa shape index (κ2) is 8.70. The Balaban J connectivity index is 2.02. The summed E-state index contributed by atoms with van der Waals surface area (Å²) in [4.78, 5) is 15.5. The lowest BCUT2D eigenvalue weighted by atomic mass is 9.76. The number of carbonyl (C=O) groups excluding carboxylic acids is 1. The Bertz CT molecular complexity index is 943. The van der Waals surface area contributed by atoms with Gasteiger partial charge in [-0.05, 0) is 23.1 Å². The van der Waals surface area contributed by atoms with Gasteiger partial charge in [0.1, 0.15) is 17.6 Å². The highest BCUT2D eigenvalue weighted by Crippen LogP contribution is 2.41. The Morgan fingerprint density at radius 3 is 1.69 bits per heavy atom. The Morgan fingerprint density at radius 2 is 1.24 bits per heavy atom. The van der Waals surface area contributed by atoms with Crippen LogP contribution in [0, 0.1) is 0 Å². The van der Waals surface area contributed by atoms with Crippen molar-refractivity contribution in [1.29, 1.82) is 0 Å². The smallest absolute Gasteiger partial charge is 0.121 e. The third-order valence-electron chi connectivity index (χ3n) is 5.38. The summed E-state index contributed by atoms with van der Waals surface area (Å²) in [6, 6.07) is 31.7. The van der Waals surface area contributed by atoms with Gasteiger partial charge in [-0.1, -0.05) is 91.0 Å². The summed E-state index contributed by atoms with van der Waals surface area (Å²) in [7, 11) is 0. The van der Waals surface area contributed by atoms with Crippen LogP contribution in [0.3, 0.4) is 0 Å². The van der Waals surface area contributed by atoms with E-state index in [1.807, 2.05) is 24.4 Å². The number of aldehydes is 1. The summed E-state index contributed by atoms with van der Waals surface area (Å²) >= 11 is 0. The molecule has 0 saturated carbocycles. The molecule has 4 rings (SSSR count). The third kappa shape index (κ3) is 3.52. The fraction of sp³-hybridized carbons (Fsp3) is 0.154. The van der Waals surface area contributed by atoms with Gasteiger partial charge in [-0.15, -0.1) is 0 Å². The molecule has 0 aliphatic carbocycles. The zero-order valence-electron chi connectivity index (χ0n) is 16.3. The maximum absolute atomic E-state index is 10.9. The molecular formula is C26H24N2O. The Hall–Kier alpha value is -3.46. The number of imidazole rings is 1. The first-order valence-electron chi connectivity index (χ1n) is 10.0. The van der Waals surface area contributed by atoms with Crippen molar-refractivity contribution in [3.05, 3.63) is 126 Å². The van der Waals surface area contributed by atoms with Crippen molar-refractivity contribution < 1.29 is 4.79 Å². The summed E-state index contributed by atoms with van der Waals surface area (Å²) in [6.45, 7) is 0. The van der Waals surface area contributed by atoms with E-state index in [0.717, 1.165) is 25.0 Å². The van der Waals surface area contributed by atoms with Crippen molar-refractivity contribution in [1.82, 2.24) is 9.55 Å². The van der Waals surface area contributed by atoms with Crippen LogP contribution in [0.15, 0.2) is 103 Å². The maximum atomic E-state index is 10.9. The zero-order valence-corrected chi connectivity index (χ0v) is 16.3. The van der Waals surface area contributed by atoms with E-state index in [0.29, 0.717) is 6.42 Å². The molecule has 0 bridgehead atoms. The van der Waals surface area contributed by atoms with Crippen LogP contribution in [0.25, 0.3) is 0 Å². The number of nitrogens with zero attached hydrogens (tertiary/aromatic N) is 2. The molecule has 1 heterocycles. The molecule has 3 heteroatoms. The lowest BCUT2D eigenvalue weighted by Crippen LogP contribution is -2.38. The van der Waals surface area contributed by atoms with Crippen molar-refractivity contribution >= 4 is 6.29 Å². The van der Waals surface area contributed by atoms with Gasteiger partial charge in [0, 0.05) is 25.2 Å². The molecular weight excluding hydrogens is 356 g/mol. The van der Waals surface area contributed by atoms with E-state index >= 15 is 0 Å². The largest absolute Gasteiger partial charge is 0.316 e. The van der Waals surface area contributed by atoms with Crippen LogP contribution >= 0.6 is 0 Å². The summed E-state index contributed by atoms with van der Waals surface area (Å²) in [6.07, 6.45) is 6.98. The highest BCUT2D eigenvalue weighted by atomic mass is 16.1. The van der Waals surface area contributed by atoms with Gasteiger partial charge < -0.3 is 9.36 Å². The van der Waals surface area contributed by atoms with Crippen LogP contribution in [-0.4, -0.2) is 15.8 Å². The van der Waals surface area contributed by atoms with Gasteiger partial charge in [-0.2, -0.15) is 0 Å². The molecule has 0 N–H and O–H groups in total. The van der Waals surface area contributed by atoms with Gasteiger partial charge in [0.15, 0.2) is 0 Å². The number of hydrogen-bond donors (Lipinski definition) is 0. The van der Waals surface area contributed by atoms with Crippen LogP contribution < -0.4 is 0 Å². The van der Waals surface area contributed by atoms with Crippen molar-refractivity contribution in [2.45, 2.75) is 24.8 Å². The molecule has 0 amide bonds. The van der Waals surface area contributed by atoms with Gasteiger partial charge in [-0.3, -0.25) is 0 Å². The van der Waals surface area contributed by atoms with E-state index < -0.39 is 5.54 Å². The first kappa shape index (κ1) is 18.9. The summed E-state index contributed by atoms with van der Waals surface area (Å²) in [5.74, 6) is 0.975. The van der Waals surface area contributed by atoms with E-state index in [4.69, 9.17) is 0 Å². The normalized spacial score (nSPS) is 11.3. The van der Waals surface area contributed by atoms with E-state index in [2.05, 4.69) is 88.5 Å². The summed E-state index contributed by atoms with van der Waals surface area (Å²) < 4.78 is 2.28. The number of aryl methyl sites for hydroxylation is 1. The first-order valence-corrected chi connectivity index (χ1v) is 10.0. The summed E-state index contributed by atoms with van der Waals surface area (Å²) in [5.41, 5.74) is 2.97. The molecule has 0 saturated heterocycles. The minimum absolute atomic E-state index is 0.544. The molecule has 0 spiro atoms. The Kier molecular flexibility index (Phi) is 5.66. The number of carbonyl (C=O) groups is 1. The first-order chi connectivity index (χ1) is 14.4. The van der Waals surface area contributed by atoms with Crippen LogP contribution in [0.2, 0.25) is 0 Å². The lowest BCUT2D eigenvalue weighted by molar-refractivity contribution is -0.107. The average molecular weight is 380 g/mol. The Labute approximate surface area is 171 Å². The maximum Gasteiger partial charge on any atom is 0.121 e. The predicted octanol–water partition coefficient (Wildman–Crippen LogP) is 5.24. The van der Waals surface area contributed by atoms with Crippen LogP contribution in [-0.2, 0) is 16.8 Å². The molecule has 0 atom stereocenters. The average Bonchev–Trinajstić information content (AvgIpc) is 3.26. The number of rotatable bonds is 8. The SMILES string of the molecule is O=CCCCc1nccn1C(c1ccccc1)(c1ccccc1)c1ccccc1.